The predicted octanol–water partition coefficient (Wildman–Crippen LogP) is 3.24. The molecule has 2 heterocycles. The van der Waals surface area contributed by atoms with Crippen LogP contribution in [0.1, 0.15) is 35.7 Å². The van der Waals surface area contributed by atoms with E-state index in [1.54, 1.807) is 0 Å². The number of hydrogen-bond acceptors (Lipinski definition) is 4. The fraction of sp³-hybridized carbons (Fsp3) is 0.500. The molecule has 0 aliphatic carbocycles. The smallest absolute Gasteiger partial charge is 0.208 e. The molecule has 0 atom stereocenters. The molecule has 2 aromatic rings. The number of nitrogens with two attached hydrogens (primary N) is 1. The van der Waals surface area contributed by atoms with E-state index in [1.165, 1.54) is 5.56 Å². The maximum absolute atomic E-state index is 6.01. The van der Waals surface area contributed by atoms with Crippen LogP contribution >= 0.6 is 0 Å². The number of benzene rings is 1. The summed E-state index contributed by atoms with van der Waals surface area (Å²) in [6, 6.07) is 8.15. The SMILES string of the molecule is Cc1ccc(NC(N)=NCC2CCN(Cc3nc(C)c(C)o3)CC2)cc1. The Morgan fingerprint density at radius 3 is 2.54 bits per heavy atom. The Bertz CT molecular complexity index is 723. The van der Waals surface area contributed by atoms with Gasteiger partial charge in [-0.2, -0.15) is 0 Å². The van der Waals surface area contributed by atoms with Crippen molar-refractivity contribution in [1.82, 2.24) is 9.88 Å². The zero-order valence-electron chi connectivity index (χ0n) is 16.0. The highest BCUT2D eigenvalue weighted by atomic mass is 16.4. The van der Waals surface area contributed by atoms with E-state index in [-0.39, 0.29) is 0 Å². The molecular weight excluding hydrogens is 326 g/mol. The van der Waals surface area contributed by atoms with E-state index >= 15 is 0 Å². The summed E-state index contributed by atoms with van der Waals surface area (Å²) in [5.74, 6) is 2.81. The van der Waals surface area contributed by atoms with Gasteiger partial charge in [0.2, 0.25) is 5.89 Å². The maximum Gasteiger partial charge on any atom is 0.208 e. The van der Waals surface area contributed by atoms with Gasteiger partial charge >= 0.3 is 0 Å². The van der Waals surface area contributed by atoms with Crippen LogP contribution in [0.5, 0.6) is 0 Å². The van der Waals surface area contributed by atoms with Gasteiger partial charge in [-0.25, -0.2) is 4.98 Å². The minimum atomic E-state index is 0.488. The first-order valence-corrected chi connectivity index (χ1v) is 9.28. The number of hydrogen-bond donors (Lipinski definition) is 2. The van der Waals surface area contributed by atoms with Crippen molar-refractivity contribution in [1.29, 1.82) is 0 Å². The molecule has 1 fully saturated rings. The molecule has 140 valence electrons. The number of likely N-dealkylation sites (tertiary alicyclic amines) is 1. The summed E-state index contributed by atoms with van der Waals surface area (Å²) in [4.78, 5) is 11.4. The quantitative estimate of drug-likeness (QED) is 0.636. The zero-order chi connectivity index (χ0) is 18.5. The van der Waals surface area contributed by atoms with Crippen LogP contribution in [0.3, 0.4) is 0 Å². The second kappa shape index (κ2) is 8.36. The van der Waals surface area contributed by atoms with Gasteiger partial charge in [0.1, 0.15) is 5.76 Å². The molecule has 1 aliphatic rings. The van der Waals surface area contributed by atoms with E-state index in [4.69, 9.17) is 10.2 Å². The highest BCUT2D eigenvalue weighted by Gasteiger charge is 2.20. The third-order valence-corrected chi connectivity index (χ3v) is 4.98. The molecule has 1 aromatic heterocycles. The molecule has 6 nitrogen and oxygen atoms in total. The number of rotatable bonds is 5. The van der Waals surface area contributed by atoms with Crippen LogP contribution in [0.2, 0.25) is 0 Å². The molecule has 1 aliphatic heterocycles. The van der Waals surface area contributed by atoms with Crippen molar-refractivity contribution in [3.63, 3.8) is 0 Å². The number of aryl methyl sites for hydroxylation is 3. The van der Waals surface area contributed by atoms with Crippen molar-refractivity contribution in [2.75, 3.05) is 25.0 Å². The Hall–Kier alpha value is -2.34. The lowest BCUT2D eigenvalue weighted by Crippen LogP contribution is -2.34. The van der Waals surface area contributed by atoms with Gasteiger partial charge in [-0.1, -0.05) is 17.7 Å². The van der Waals surface area contributed by atoms with Gasteiger partial charge in [0.25, 0.3) is 0 Å². The lowest BCUT2D eigenvalue weighted by molar-refractivity contribution is 0.166. The van der Waals surface area contributed by atoms with Gasteiger partial charge in [-0.05, 0) is 64.8 Å². The van der Waals surface area contributed by atoms with Crippen molar-refractivity contribution < 1.29 is 4.42 Å². The lowest BCUT2D eigenvalue weighted by atomic mass is 9.97. The average molecular weight is 355 g/mol. The molecule has 1 saturated heterocycles. The summed E-state index contributed by atoms with van der Waals surface area (Å²) in [7, 11) is 0. The van der Waals surface area contributed by atoms with Crippen LogP contribution in [0.15, 0.2) is 33.7 Å². The van der Waals surface area contributed by atoms with Crippen LogP contribution in [0, 0.1) is 26.7 Å². The molecule has 0 unspecified atom stereocenters. The largest absolute Gasteiger partial charge is 0.444 e. The topological polar surface area (TPSA) is 79.7 Å². The highest BCUT2D eigenvalue weighted by Crippen LogP contribution is 2.20. The van der Waals surface area contributed by atoms with Crippen LogP contribution in [-0.4, -0.2) is 35.5 Å². The van der Waals surface area contributed by atoms with Crippen LogP contribution in [0.4, 0.5) is 5.69 Å². The second-order valence-corrected chi connectivity index (χ2v) is 7.19. The van der Waals surface area contributed by atoms with E-state index in [1.807, 2.05) is 26.0 Å². The summed E-state index contributed by atoms with van der Waals surface area (Å²) in [5, 5.41) is 3.15. The minimum Gasteiger partial charge on any atom is -0.444 e. The van der Waals surface area contributed by atoms with Crippen molar-refractivity contribution >= 4 is 11.6 Å². The molecule has 0 saturated carbocycles. The number of guanidine groups is 1. The Morgan fingerprint density at radius 2 is 1.92 bits per heavy atom. The van der Waals surface area contributed by atoms with Gasteiger partial charge in [-0.3, -0.25) is 9.89 Å². The average Bonchev–Trinajstić information content (AvgIpc) is 2.94. The number of nitrogens with one attached hydrogen (secondary N) is 1. The minimum absolute atomic E-state index is 0.488. The third-order valence-electron chi connectivity index (χ3n) is 4.98. The molecule has 3 rings (SSSR count). The number of oxazole rings is 1. The molecule has 0 amide bonds. The first-order chi connectivity index (χ1) is 12.5. The van der Waals surface area contributed by atoms with E-state index in [2.05, 4.69) is 39.2 Å². The first kappa shape index (κ1) is 18.5. The molecule has 0 radical (unpaired) electrons. The van der Waals surface area contributed by atoms with Crippen molar-refractivity contribution in [2.45, 2.75) is 40.2 Å². The molecule has 26 heavy (non-hydrogen) atoms. The van der Waals surface area contributed by atoms with Gasteiger partial charge in [0, 0.05) is 12.2 Å². The number of aliphatic imine (C=N–C) groups is 1. The Labute approximate surface area is 155 Å². The number of piperidine rings is 1. The fourth-order valence-electron chi connectivity index (χ4n) is 3.18. The molecule has 6 heteroatoms. The third kappa shape index (κ3) is 5.08. The van der Waals surface area contributed by atoms with Crippen LogP contribution in [0.25, 0.3) is 0 Å². The number of nitrogens with zero attached hydrogens (tertiary/aromatic N) is 3. The van der Waals surface area contributed by atoms with Crippen molar-refractivity contribution in [3.05, 3.63) is 47.2 Å². The van der Waals surface area contributed by atoms with Gasteiger partial charge < -0.3 is 15.5 Å². The first-order valence-electron chi connectivity index (χ1n) is 9.28. The normalized spacial score (nSPS) is 16.8. The standard InChI is InChI=1S/C20H29N5O/c1-14-4-6-18(7-5-14)24-20(21)22-12-17-8-10-25(11-9-17)13-19-23-15(2)16(3)26-19/h4-7,17H,8-13H2,1-3H3,(H3,21,22,24). The van der Waals surface area contributed by atoms with E-state index in [0.717, 1.165) is 62.1 Å². The number of aromatic nitrogens is 1. The summed E-state index contributed by atoms with van der Waals surface area (Å²) in [6.07, 6.45) is 2.25. The monoisotopic (exact) mass is 355 g/mol. The van der Waals surface area contributed by atoms with Crippen LogP contribution < -0.4 is 11.1 Å². The van der Waals surface area contributed by atoms with E-state index < -0.39 is 0 Å². The Morgan fingerprint density at radius 1 is 1.23 bits per heavy atom. The van der Waals surface area contributed by atoms with Crippen molar-refractivity contribution in [2.24, 2.45) is 16.6 Å². The molecule has 0 bridgehead atoms. The Kier molecular flexibility index (Phi) is 5.93. The number of anilines is 1. The predicted molar refractivity (Wildman–Crippen MR) is 105 cm³/mol. The van der Waals surface area contributed by atoms with E-state index in [0.29, 0.717) is 11.9 Å². The summed E-state index contributed by atoms with van der Waals surface area (Å²) in [5.41, 5.74) is 9.21. The van der Waals surface area contributed by atoms with Gasteiger partial charge in [-0.15, -0.1) is 0 Å². The molecule has 0 spiro atoms. The van der Waals surface area contributed by atoms with Gasteiger partial charge in [0.15, 0.2) is 5.96 Å². The summed E-state index contributed by atoms with van der Waals surface area (Å²) < 4.78 is 5.69. The fourth-order valence-corrected chi connectivity index (χ4v) is 3.18. The summed E-state index contributed by atoms with van der Waals surface area (Å²) in [6.45, 7) is 9.68. The van der Waals surface area contributed by atoms with Crippen molar-refractivity contribution in [3.8, 4) is 0 Å². The second-order valence-electron chi connectivity index (χ2n) is 7.19. The molecule has 1 aromatic carbocycles. The highest BCUT2D eigenvalue weighted by molar-refractivity contribution is 5.92. The van der Waals surface area contributed by atoms with E-state index in [9.17, 15) is 0 Å². The Balaban J connectivity index is 1.42. The zero-order valence-corrected chi connectivity index (χ0v) is 16.0. The lowest BCUT2D eigenvalue weighted by Gasteiger charge is -2.30. The van der Waals surface area contributed by atoms with Crippen LogP contribution in [-0.2, 0) is 6.54 Å². The summed E-state index contributed by atoms with van der Waals surface area (Å²) >= 11 is 0. The molecular formula is C20H29N5O. The maximum atomic E-state index is 6.01. The molecule has 3 N–H and O–H groups in total. The van der Waals surface area contributed by atoms with Gasteiger partial charge in [0.05, 0.1) is 12.2 Å².